The third kappa shape index (κ3) is 4.27. The average molecular weight is 373 g/mol. The lowest BCUT2D eigenvalue weighted by Crippen LogP contribution is -2.59. The van der Waals surface area contributed by atoms with Crippen LogP contribution >= 0.6 is 0 Å². The zero-order valence-corrected chi connectivity index (χ0v) is 16.4. The van der Waals surface area contributed by atoms with E-state index >= 15 is 0 Å². The Morgan fingerprint density at radius 1 is 0.857 bits per heavy atom. The summed E-state index contributed by atoms with van der Waals surface area (Å²) in [6.07, 6.45) is 0.987. The molecule has 1 aliphatic heterocycles. The van der Waals surface area contributed by atoms with Gasteiger partial charge in [-0.25, -0.2) is 0 Å². The van der Waals surface area contributed by atoms with E-state index in [0.717, 1.165) is 31.8 Å². The number of para-hydroxylation sites is 1. The first-order valence-electron chi connectivity index (χ1n) is 10.0. The van der Waals surface area contributed by atoms with Crippen LogP contribution in [0.4, 0.5) is 0 Å². The number of ether oxygens (including phenoxy) is 1. The van der Waals surface area contributed by atoms with E-state index in [1.807, 2.05) is 12.1 Å². The summed E-state index contributed by atoms with van der Waals surface area (Å²) >= 11 is 0. The summed E-state index contributed by atoms with van der Waals surface area (Å²) in [6, 6.07) is 30.8. The van der Waals surface area contributed by atoms with E-state index in [0.29, 0.717) is 12.1 Å². The van der Waals surface area contributed by atoms with Gasteiger partial charge >= 0.3 is 0 Å². The Kier molecular flexibility index (Phi) is 6.05. The summed E-state index contributed by atoms with van der Waals surface area (Å²) < 4.78 is 5.45. The van der Waals surface area contributed by atoms with Gasteiger partial charge < -0.3 is 10.1 Å². The normalized spacial score (nSPS) is 14.8. The number of hydrogen-bond donors (Lipinski definition) is 1. The van der Waals surface area contributed by atoms with Gasteiger partial charge in [0.15, 0.2) is 0 Å². The first kappa shape index (κ1) is 18.7. The molecule has 144 valence electrons. The Morgan fingerprint density at radius 2 is 1.43 bits per heavy atom. The van der Waals surface area contributed by atoms with E-state index in [1.165, 1.54) is 16.7 Å². The zero-order chi connectivity index (χ0) is 19.2. The van der Waals surface area contributed by atoms with Gasteiger partial charge in [-0.2, -0.15) is 0 Å². The zero-order valence-electron chi connectivity index (χ0n) is 16.4. The molecule has 0 aliphatic carbocycles. The van der Waals surface area contributed by atoms with E-state index in [4.69, 9.17) is 4.74 Å². The molecule has 4 rings (SSSR count). The monoisotopic (exact) mass is 372 g/mol. The second-order valence-electron chi connectivity index (χ2n) is 7.39. The molecule has 28 heavy (non-hydrogen) atoms. The third-order valence-electron chi connectivity index (χ3n) is 5.53. The quantitative estimate of drug-likeness (QED) is 0.638. The van der Waals surface area contributed by atoms with Gasteiger partial charge in [0.1, 0.15) is 5.75 Å². The van der Waals surface area contributed by atoms with Crippen LogP contribution in [0, 0.1) is 0 Å². The smallest absolute Gasteiger partial charge is 0.122 e. The third-order valence-corrected chi connectivity index (χ3v) is 5.53. The van der Waals surface area contributed by atoms with Crippen molar-refractivity contribution in [2.45, 2.75) is 18.5 Å². The van der Waals surface area contributed by atoms with Crippen LogP contribution in [0.3, 0.4) is 0 Å². The van der Waals surface area contributed by atoms with Gasteiger partial charge in [-0.05, 0) is 35.7 Å². The standard InChI is InChI=1S/C25H28N2O/c1-28-24-15-9-8-10-20(24)16-17-26-23-18-27(19-23)25(21-11-4-2-5-12-21)22-13-6-3-7-14-22/h2-15,23,25-26H,16-19H2,1H3. The number of rotatable bonds is 8. The second-order valence-corrected chi connectivity index (χ2v) is 7.39. The molecular weight excluding hydrogens is 344 g/mol. The van der Waals surface area contributed by atoms with Crippen LogP contribution < -0.4 is 10.1 Å². The Hall–Kier alpha value is -2.62. The van der Waals surface area contributed by atoms with Gasteiger partial charge in [-0.1, -0.05) is 78.9 Å². The molecule has 3 aromatic carbocycles. The second kappa shape index (κ2) is 9.05. The molecule has 0 saturated carbocycles. The molecule has 0 unspecified atom stereocenters. The summed E-state index contributed by atoms with van der Waals surface area (Å²) in [6.45, 7) is 3.11. The highest BCUT2D eigenvalue weighted by molar-refractivity contribution is 5.34. The fourth-order valence-electron chi connectivity index (χ4n) is 4.06. The van der Waals surface area contributed by atoms with Gasteiger partial charge in [0.25, 0.3) is 0 Å². The lowest BCUT2D eigenvalue weighted by molar-refractivity contribution is 0.0936. The van der Waals surface area contributed by atoms with Crippen LogP contribution in [-0.2, 0) is 6.42 Å². The van der Waals surface area contributed by atoms with Crippen LogP contribution in [0.2, 0.25) is 0 Å². The van der Waals surface area contributed by atoms with Crippen LogP contribution in [0.5, 0.6) is 5.75 Å². The summed E-state index contributed by atoms with van der Waals surface area (Å²) in [5.74, 6) is 0.979. The lowest BCUT2D eigenvalue weighted by atomic mass is 9.93. The van der Waals surface area contributed by atoms with Gasteiger partial charge in [0, 0.05) is 19.1 Å². The fourth-order valence-corrected chi connectivity index (χ4v) is 4.06. The Bertz CT molecular complexity index is 820. The minimum Gasteiger partial charge on any atom is -0.496 e. The van der Waals surface area contributed by atoms with E-state index < -0.39 is 0 Å². The van der Waals surface area contributed by atoms with Gasteiger partial charge in [-0.3, -0.25) is 4.90 Å². The Morgan fingerprint density at radius 3 is 2.04 bits per heavy atom. The predicted molar refractivity (Wildman–Crippen MR) is 115 cm³/mol. The van der Waals surface area contributed by atoms with Gasteiger partial charge in [0.05, 0.1) is 13.2 Å². The molecule has 3 nitrogen and oxygen atoms in total. The number of likely N-dealkylation sites (tertiary alicyclic amines) is 1. The maximum absolute atomic E-state index is 5.45. The van der Waals surface area contributed by atoms with Gasteiger partial charge in [-0.15, -0.1) is 0 Å². The molecule has 0 spiro atoms. The average Bonchev–Trinajstić information content (AvgIpc) is 2.73. The highest BCUT2D eigenvalue weighted by Gasteiger charge is 2.33. The maximum Gasteiger partial charge on any atom is 0.122 e. The van der Waals surface area contributed by atoms with Crippen molar-refractivity contribution in [2.24, 2.45) is 0 Å². The number of hydrogen-bond acceptors (Lipinski definition) is 3. The summed E-state index contributed by atoms with van der Waals surface area (Å²) in [5, 5.41) is 3.71. The van der Waals surface area contributed by atoms with Crippen LogP contribution in [0.15, 0.2) is 84.9 Å². The van der Waals surface area contributed by atoms with Gasteiger partial charge in [0.2, 0.25) is 0 Å². The van der Waals surface area contributed by atoms with Crippen LogP contribution in [-0.4, -0.2) is 37.7 Å². The molecule has 1 heterocycles. The molecule has 1 saturated heterocycles. The van der Waals surface area contributed by atoms with Crippen molar-refractivity contribution < 1.29 is 4.74 Å². The topological polar surface area (TPSA) is 24.5 Å². The molecule has 0 aromatic heterocycles. The number of methoxy groups -OCH3 is 1. The molecule has 3 aromatic rings. The highest BCUT2D eigenvalue weighted by atomic mass is 16.5. The van der Waals surface area contributed by atoms with Crippen molar-refractivity contribution in [2.75, 3.05) is 26.7 Å². The highest BCUT2D eigenvalue weighted by Crippen LogP contribution is 2.32. The molecular formula is C25H28N2O. The number of benzene rings is 3. The first-order valence-corrected chi connectivity index (χ1v) is 10.0. The van der Waals surface area contributed by atoms with Crippen LogP contribution in [0.25, 0.3) is 0 Å². The van der Waals surface area contributed by atoms with E-state index in [-0.39, 0.29) is 0 Å². The number of nitrogens with zero attached hydrogens (tertiary/aromatic N) is 1. The van der Waals surface area contributed by atoms with Crippen molar-refractivity contribution in [3.8, 4) is 5.75 Å². The largest absolute Gasteiger partial charge is 0.496 e. The molecule has 1 aliphatic rings. The predicted octanol–water partition coefficient (Wildman–Crippen LogP) is 4.30. The minimum atomic E-state index is 0.328. The van der Waals surface area contributed by atoms with Crippen molar-refractivity contribution in [3.63, 3.8) is 0 Å². The molecule has 1 fully saturated rings. The number of nitrogens with one attached hydrogen (secondary N) is 1. The minimum absolute atomic E-state index is 0.328. The summed E-state index contributed by atoms with van der Waals surface area (Å²) in [7, 11) is 1.74. The Balaban J connectivity index is 1.35. The fraction of sp³-hybridized carbons (Fsp3) is 0.280. The maximum atomic E-state index is 5.45. The molecule has 0 atom stereocenters. The molecule has 0 radical (unpaired) electrons. The first-order chi connectivity index (χ1) is 13.8. The lowest BCUT2D eigenvalue weighted by Gasteiger charge is -2.45. The summed E-state index contributed by atoms with van der Waals surface area (Å²) in [4.78, 5) is 2.56. The van der Waals surface area contributed by atoms with E-state index in [2.05, 4.69) is 83.0 Å². The molecule has 3 heteroatoms. The SMILES string of the molecule is COc1ccccc1CCNC1CN(C(c2ccccc2)c2ccccc2)C1. The Labute approximate surface area is 168 Å². The van der Waals surface area contributed by atoms with Crippen molar-refractivity contribution in [3.05, 3.63) is 102 Å². The molecule has 0 bridgehead atoms. The van der Waals surface area contributed by atoms with E-state index in [9.17, 15) is 0 Å². The van der Waals surface area contributed by atoms with E-state index in [1.54, 1.807) is 7.11 Å². The van der Waals surface area contributed by atoms with Crippen molar-refractivity contribution in [1.29, 1.82) is 0 Å². The van der Waals surface area contributed by atoms with Crippen LogP contribution in [0.1, 0.15) is 22.7 Å². The van der Waals surface area contributed by atoms with Crippen molar-refractivity contribution in [1.82, 2.24) is 10.2 Å². The molecule has 0 amide bonds. The summed E-state index contributed by atoms with van der Waals surface area (Å²) in [5.41, 5.74) is 3.99. The van der Waals surface area contributed by atoms with Crippen molar-refractivity contribution >= 4 is 0 Å². The molecule has 1 N–H and O–H groups in total.